The first kappa shape index (κ1) is 26.3. The first-order valence-corrected chi connectivity index (χ1v) is 13.9. The van der Waals surface area contributed by atoms with Gasteiger partial charge in [-0.1, -0.05) is 74.0 Å². The number of benzene rings is 2. The van der Waals surface area contributed by atoms with Crippen LogP contribution in [0.2, 0.25) is 0 Å². The van der Waals surface area contributed by atoms with Gasteiger partial charge in [-0.2, -0.15) is 0 Å². The van der Waals surface area contributed by atoms with E-state index in [0.717, 1.165) is 40.9 Å². The van der Waals surface area contributed by atoms with Crippen molar-refractivity contribution >= 4 is 7.60 Å². The first-order chi connectivity index (χ1) is 16.6. The van der Waals surface area contributed by atoms with E-state index in [-0.39, 0.29) is 0 Å². The van der Waals surface area contributed by atoms with Gasteiger partial charge in [-0.3, -0.25) is 4.57 Å². The fourth-order valence-corrected chi connectivity index (χ4v) is 5.50. The standard InChI is InChI=1S/C28H36NO4P/c1-4-11-23-14-16-24(17-15-23)27-19-18-26(29-28(27)25-12-8-7-9-13-25)22-31-20-10-21-34(30,32-5-2)33-6-3/h7-9,12-19H,4-6,10-11,20-22H2,1-3H3. The zero-order chi connectivity index (χ0) is 24.2. The zero-order valence-corrected chi connectivity index (χ0v) is 21.4. The number of ether oxygens (including phenoxy) is 1. The van der Waals surface area contributed by atoms with Crippen molar-refractivity contribution in [2.24, 2.45) is 0 Å². The van der Waals surface area contributed by atoms with Gasteiger partial charge in [-0.25, -0.2) is 4.98 Å². The summed E-state index contributed by atoms with van der Waals surface area (Å²) in [6.07, 6.45) is 3.18. The number of nitrogens with zero attached hydrogens (tertiary/aromatic N) is 1. The zero-order valence-electron chi connectivity index (χ0n) is 20.5. The number of rotatable bonds is 14. The Labute approximate surface area is 204 Å². The second-order valence-electron chi connectivity index (χ2n) is 8.09. The van der Waals surface area contributed by atoms with Crippen LogP contribution in [0.25, 0.3) is 22.4 Å². The molecule has 0 aliphatic carbocycles. The molecule has 0 unspecified atom stereocenters. The molecule has 0 saturated carbocycles. The molecule has 34 heavy (non-hydrogen) atoms. The fourth-order valence-electron chi connectivity index (χ4n) is 3.87. The van der Waals surface area contributed by atoms with E-state index in [1.807, 2.05) is 38.1 Å². The van der Waals surface area contributed by atoms with Crippen molar-refractivity contribution in [1.29, 1.82) is 0 Å². The van der Waals surface area contributed by atoms with Gasteiger partial charge in [0.05, 0.1) is 37.4 Å². The number of hydrogen-bond donors (Lipinski definition) is 0. The topological polar surface area (TPSA) is 57.7 Å². The molecular weight excluding hydrogens is 445 g/mol. The number of aromatic nitrogens is 1. The van der Waals surface area contributed by atoms with E-state index < -0.39 is 7.60 Å². The van der Waals surface area contributed by atoms with E-state index in [4.69, 9.17) is 18.8 Å². The summed E-state index contributed by atoms with van der Waals surface area (Å²) >= 11 is 0. The minimum Gasteiger partial charge on any atom is -0.375 e. The highest BCUT2D eigenvalue weighted by Crippen LogP contribution is 2.48. The van der Waals surface area contributed by atoms with E-state index in [0.29, 0.717) is 39.0 Å². The Morgan fingerprint density at radius 2 is 1.53 bits per heavy atom. The Bertz CT molecular complexity index is 1040. The van der Waals surface area contributed by atoms with Crippen molar-refractivity contribution in [3.63, 3.8) is 0 Å². The summed E-state index contributed by atoms with van der Waals surface area (Å²) in [6.45, 7) is 7.44. The smallest absolute Gasteiger partial charge is 0.330 e. The summed E-state index contributed by atoms with van der Waals surface area (Å²) in [5.74, 6) is 0. The summed E-state index contributed by atoms with van der Waals surface area (Å²) in [4.78, 5) is 4.95. The molecule has 2 aromatic carbocycles. The normalized spacial score (nSPS) is 11.6. The number of pyridine rings is 1. The summed E-state index contributed by atoms with van der Waals surface area (Å²) in [6, 6.07) is 23.2. The lowest BCUT2D eigenvalue weighted by Gasteiger charge is -2.16. The van der Waals surface area contributed by atoms with E-state index >= 15 is 0 Å². The highest BCUT2D eigenvalue weighted by Gasteiger charge is 2.22. The molecule has 182 valence electrons. The average molecular weight is 482 g/mol. The maximum atomic E-state index is 12.6. The summed E-state index contributed by atoms with van der Waals surface area (Å²) in [5, 5.41) is 0. The molecule has 0 radical (unpaired) electrons. The molecule has 6 heteroatoms. The van der Waals surface area contributed by atoms with Crippen molar-refractivity contribution in [3.05, 3.63) is 78.0 Å². The highest BCUT2D eigenvalue weighted by molar-refractivity contribution is 7.53. The maximum absolute atomic E-state index is 12.6. The van der Waals surface area contributed by atoms with Gasteiger partial charge in [0.25, 0.3) is 0 Å². The molecule has 0 aliphatic rings. The van der Waals surface area contributed by atoms with Gasteiger partial charge < -0.3 is 13.8 Å². The van der Waals surface area contributed by atoms with Crippen LogP contribution in [0.5, 0.6) is 0 Å². The molecule has 0 amide bonds. The van der Waals surface area contributed by atoms with Crippen molar-refractivity contribution in [3.8, 4) is 22.4 Å². The average Bonchev–Trinajstić information content (AvgIpc) is 2.85. The van der Waals surface area contributed by atoms with Crippen molar-refractivity contribution < 1.29 is 18.3 Å². The predicted octanol–water partition coefficient (Wildman–Crippen LogP) is 7.54. The van der Waals surface area contributed by atoms with Crippen LogP contribution >= 0.6 is 7.60 Å². The Kier molecular flexibility index (Phi) is 10.5. The Morgan fingerprint density at radius 3 is 2.18 bits per heavy atom. The molecule has 5 nitrogen and oxygen atoms in total. The van der Waals surface area contributed by atoms with Crippen LogP contribution in [-0.4, -0.2) is 31.0 Å². The summed E-state index contributed by atoms with van der Waals surface area (Å²) in [5.41, 5.74) is 6.49. The molecule has 0 spiro atoms. The first-order valence-electron chi connectivity index (χ1n) is 12.2. The Hall–Kier alpha value is -2.30. The molecule has 0 atom stereocenters. The van der Waals surface area contributed by atoms with Gasteiger partial charge in [-0.15, -0.1) is 0 Å². The molecule has 3 aromatic rings. The predicted molar refractivity (Wildman–Crippen MR) is 139 cm³/mol. The van der Waals surface area contributed by atoms with Crippen LogP contribution in [0, 0.1) is 0 Å². The van der Waals surface area contributed by atoms with Crippen molar-refractivity contribution in [1.82, 2.24) is 4.98 Å². The second kappa shape index (κ2) is 13.6. The van der Waals surface area contributed by atoms with Gasteiger partial charge in [0.2, 0.25) is 0 Å². The molecule has 0 saturated heterocycles. The van der Waals surface area contributed by atoms with Crippen molar-refractivity contribution in [2.45, 2.75) is 46.6 Å². The lowest BCUT2D eigenvalue weighted by atomic mass is 9.97. The van der Waals surface area contributed by atoms with Gasteiger partial charge in [-0.05, 0) is 43.9 Å². The van der Waals surface area contributed by atoms with Gasteiger partial charge in [0, 0.05) is 17.7 Å². The SMILES string of the molecule is CCCc1ccc(-c2ccc(COCCCP(=O)(OCC)OCC)nc2-c2ccccc2)cc1. The van der Waals surface area contributed by atoms with Gasteiger partial charge in [0.15, 0.2) is 0 Å². The monoisotopic (exact) mass is 481 g/mol. The lowest BCUT2D eigenvalue weighted by molar-refractivity contribution is 0.117. The minimum atomic E-state index is -3.02. The molecule has 1 aromatic heterocycles. The molecule has 0 bridgehead atoms. The lowest BCUT2D eigenvalue weighted by Crippen LogP contribution is -2.05. The third-order valence-corrected chi connectivity index (χ3v) is 7.59. The maximum Gasteiger partial charge on any atom is 0.330 e. The largest absolute Gasteiger partial charge is 0.375 e. The molecule has 0 N–H and O–H groups in total. The third-order valence-electron chi connectivity index (χ3n) is 5.43. The van der Waals surface area contributed by atoms with Crippen LogP contribution in [-0.2, 0) is 31.4 Å². The van der Waals surface area contributed by atoms with Gasteiger partial charge in [0.1, 0.15) is 0 Å². The number of aryl methyl sites for hydroxylation is 1. The quantitative estimate of drug-likeness (QED) is 0.176. The van der Waals surface area contributed by atoms with E-state index in [1.165, 1.54) is 5.56 Å². The summed E-state index contributed by atoms with van der Waals surface area (Å²) < 4.78 is 29.1. The van der Waals surface area contributed by atoms with Crippen LogP contribution < -0.4 is 0 Å². The van der Waals surface area contributed by atoms with E-state index in [1.54, 1.807) is 0 Å². The van der Waals surface area contributed by atoms with Crippen molar-refractivity contribution in [2.75, 3.05) is 26.0 Å². The molecule has 0 fully saturated rings. The van der Waals surface area contributed by atoms with E-state index in [2.05, 4.69) is 49.4 Å². The second-order valence-corrected chi connectivity index (χ2v) is 10.3. The number of hydrogen-bond acceptors (Lipinski definition) is 5. The molecular formula is C28H36NO4P. The molecule has 3 rings (SSSR count). The Balaban J connectivity index is 1.70. The molecule has 1 heterocycles. The van der Waals surface area contributed by atoms with Crippen LogP contribution in [0.4, 0.5) is 0 Å². The highest BCUT2D eigenvalue weighted by atomic mass is 31.2. The van der Waals surface area contributed by atoms with E-state index in [9.17, 15) is 4.57 Å². The fraction of sp³-hybridized carbons (Fsp3) is 0.393. The third kappa shape index (κ3) is 7.61. The van der Waals surface area contributed by atoms with Crippen LogP contribution in [0.3, 0.4) is 0 Å². The molecule has 0 aliphatic heterocycles. The van der Waals surface area contributed by atoms with Crippen LogP contribution in [0.1, 0.15) is 44.9 Å². The van der Waals surface area contributed by atoms with Gasteiger partial charge >= 0.3 is 7.60 Å². The minimum absolute atomic E-state index is 0.352. The van der Waals surface area contributed by atoms with Crippen LogP contribution in [0.15, 0.2) is 66.7 Å². The summed E-state index contributed by atoms with van der Waals surface area (Å²) in [7, 11) is -3.02. The Morgan fingerprint density at radius 1 is 0.824 bits per heavy atom.